The van der Waals surface area contributed by atoms with Crippen LogP contribution in [0.5, 0.6) is 0 Å². The van der Waals surface area contributed by atoms with E-state index in [0.29, 0.717) is 11.3 Å². The molecule has 1 N–H and O–H groups in total. The number of aliphatic hydroxyl groups is 1. The first-order valence-electron chi connectivity index (χ1n) is 3.86. The fourth-order valence-electron chi connectivity index (χ4n) is 1.32. The lowest BCUT2D eigenvalue weighted by Gasteiger charge is -2.25. The highest BCUT2D eigenvalue weighted by molar-refractivity contribution is 5.05. The van der Waals surface area contributed by atoms with Gasteiger partial charge < -0.3 is 5.11 Å². The molecular weight excluding hydrogens is 124 g/mol. The molecule has 0 spiro atoms. The van der Waals surface area contributed by atoms with Gasteiger partial charge in [0.25, 0.3) is 0 Å². The van der Waals surface area contributed by atoms with Crippen molar-refractivity contribution in [2.24, 2.45) is 11.3 Å². The second-order valence-corrected chi connectivity index (χ2v) is 4.16. The summed E-state index contributed by atoms with van der Waals surface area (Å²) in [7, 11) is 0. The Balaban J connectivity index is 2.55. The summed E-state index contributed by atoms with van der Waals surface area (Å²) in [5.41, 5.74) is 0.313. The van der Waals surface area contributed by atoms with E-state index in [0.717, 1.165) is 6.42 Å². The van der Waals surface area contributed by atoms with Gasteiger partial charge in [-0.3, -0.25) is 0 Å². The fraction of sp³-hybridized carbons (Fsp3) is 0.778. The van der Waals surface area contributed by atoms with Crippen LogP contribution < -0.4 is 0 Å². The number of allylic oxidation sites excluding steroid dienone is 1. The van der Waals surface area contributed by atoms with Gasteiger partial charge in [0.05, 0.1) is 6.10 Å². The lowest BCUT2D eigenvalue weighted by atomic mass is 9.80. The van der Waals surface area contributed by atoms with Gasteiger partial charge in [-0.1, -0.05) is 32.9 Å². The minimum absolute atomic E-state index is 0.191. The molecule has 0 unspecified atom stereocenters. The van der Waals surface area contributed by atoms with Crippen molar-refractivity contribution in [1.82, 2.24) is 0 Å². The molecule has 0 amide bonds. The minimum atomic E-state index is -0.191. The van der Waals surface area contributed by atoms with E-state index < -0.39 is 0 Å². The second kappa shape index (κ2) is 2.39. The predicted molar refractivity (Wildman–Crippen MR) is 42.7 cm³/mol. The molecule has 0 aromatic rings. The monoisotopic (exact) mass is 140 g/mol. The molecule has 0 radical (unpaired) electrons. The third kappa shape index (κ3) is 1.60. The molecule has 0 aliphatic heterocycles. The first-order chi connectivity index (χ1) is 4.50. The van der Waals surface area contributed by atoms with Gasteiger partial charge in [-0.2, -0.15) is 0 Å². The summed E-state index contributed by atoms with van der Waals surface area (Å²) in [6.07, 6.45) is 4.74. The molecule has 0 saturated carbocycles. The lowest BCUT2D eigenvalue weighted by Crippen LogP contribution is -2.18. The van der Waals surface area contributed by atoms with Crippen molar-refractivity contribution in [2.45, 2.75) is 33.3 Å². The Bertz CT molecular complexity index is 141. The maximum atomic E-state index is 9.18. The third-order valence-corrected chi connectivity index (χ3v) is 2.17. The van der Waals surface area contributed by atoms with Crippen LogP contribution in [0.3, 0.4) is 0 Å². The summed E-state index contributed by atoms with van der Waals surface area (Å²) in [4.78, 5) is 0. The zero-order valence-corrected chi connectivity index (χ0v) is 6.96. The normalized spacial score (nSPS) is 33.2. The number of hydrogen-bond acceptors (Lipinski definition) is 1. The van der Waals surface area contributed by atoms with Gasteiger partial charge in [0.15, 0.2) is 0 Å². The summed E-state index contributed by atoms with van der Waals surface area (Å²) in [5, 5.41) is 9.18. The van der Waals surface area contributed by atoms with Gasteiger partial charge in [-0.15, -0.1) is 0 Å². The highest BCUT2D eigenvalue weighted by Gasteiger charge is 2.27. The average Bonchev–Trinajstić information content (AvgIpc) is 2.11. The van der Waals surface area contributed by atoms with E-state index >= 15 is 0 Å². The van der Waals surface area contributed by atoms with Crippen molar-refractivity contribution < 1.29 is 5.11 Å². The zero-order chi connectivity index (χ0) is 7.78. The van der Waals surface area contributed by atoms with Gasteiger partial charge in [0, 0.05) is 0 Å². The molecule has 0 heterocycles. The topological polar surface area (TPSA) is 20.2 Å². The Labute approximate surface area is 62.8 Å². The molecule has 1 nitrogen and oxygen atoms in total. The lowest BCUT2D eigenvalue weighted by molar-refractivity contribution is 0.175. The van der Waals surface area contributed by atoms with Crippen LogP contribution in [0.15, 0.2) is 12.2 Å². The fourth-order valence-corrected chi connectivity index (χ4v) is 1.32. The summed E-state index contributed by atoms with van der Waals surface area (Å²) >= 11 is 0. The van der Waals surface area contributed by atoms with Crippen molar-refractivity contribution in [1.29, 1.82) is 0 Å². The van der Waals surface area contributed by atoms with Crippen LogP contribution in [0.1, 0.15) is 27.2 Å². The van der Waals surface area contributed by atoms with Crippen molar-refractivity contribution in [3.8, 4) is 0 Å². The summed E-state index contributed by atoms with van der Waals surface area (Å²) in [6.45, 7) is 6.63. The van der Waals surface area contributed by atoms with Crippen LogP contribution in [-0.4, -0.2) is 11.2 Å². The quantitative estimate of drug-likeness (QED) is 0.510. The second-order valence-electron chi connectivity index (χ2n) is 4.16. The Morgan fingerprint density at radius 3 is 2.10 bits per heavy atom. The first kappa shape index (κ1) is 7.80. The maximum Gasteiger partial charge on any atom is 0.0726 e. The molecule has 1 rings (SSSR count). The predicted octanol–water partition coefficient (Wildman–Crippen LogP) is 1.97. The van der Waals surface area contributed by atoms with Crippen molar-refractivity contribution in [3.63, 3.8) is 0 Å². The Kier molecular flexibility index (Phi) is 1.86. The molecular formula is C9H16O. The van der Waals surface area contributed by atoms with E-state index in [1.165, 1.54) is 0 Å². The highest BCUT2D eigenvalue weighted by Crippen LogP contribution is 2.34. The molecule has 10 heavy (non-hydrogen) atoms. The van der Waals surface area contributed by atoms with Gasteiger partial charge in [-0.05, 0) is 17.8 Å². The maximum absolute atomic E-state index is 9.18. The van der Waals surface area contributed by atoms with Crippen LogP contribution in [0, 0.1) is 11.3 Å². The van der Waals surface area contributed by atoms with Crippen LogP contribution >= 0.6 is 0 Å². The molecule has 0 fully saturated rings. The van der Waals surface area contributed by atoms with E-state index in [1.54, 1.807) is 0 Å². The summed E-state index contributed by atoms with van der Waals surface area (Å²) in [6, 6.07) is 0. The summed E-state index contributed by atoms with van der Waals surface area (Å²) < 4.78 is 0. The van der Waals surface area contributed by atoms with E-state index in [2.05, 4.69) is 26.8 Å². The third-order valence-electron chi connectivity index (χ3n) is 2.17. The Morgan fingerprint density at radius 2 is 1.90 bits per heavy atom. The molecule has 58 valence electrons. The highest BCUT2D eigenvalue weighted by atomic mass is 16.3. The van der Waals surface area contributed by atoms with Crippen LogP contribution in [-0.2, 0) is 0 Å². The Morgan fingerprint density at radius 1 is 1.30 bits per heavy atom. The van der Waals surface area contributed by atoms with Crippen molar-refractivity contribution in [2.75, 3.05) is 0 Å². The molecule has 2 atom stereocenters. The molecule has 0 aromatic carbocycles. The zero-order valence-electron chi connectivity index (χ0n) is 6.96. The minimum Gasteiger partial charge on any atom is -0.389 e. The number of rotatable bonds is 0. The van der Waals surface area contributed by atoms with Crippen LogP contribution in [0.4, 0.5) is 0 Å². The van der Waals surface area contributed by atoms with Gasteiger partial charge in [0.2, 0.25) is 0 Å². The molecule has 0 saturated heterocycles. The molecule has 1 aliphatic carbocycles. The number of hydrogen-bond donors (Lipinski definition) is 1. The van der Waals surface area contributed by atoms with Crippen LogP contribution in [0.2, 0.25) is 0 Å². The van der Waals surface area contributed by atoms with Gasteiger partial charge >= 0.3 is 0 Å². The van der Waals surface area contributed by atoms with E-state index in [9.17, 15) is 5.11 Å². The molecule has 0 bridgehead atoms. The average molecular weight is 140 g/mol. The van der Waals surface area contributed by atoms with Crippen LogP contribution in [0.25, 0.3) is 0 Å². The number of aliphatic hydroxyl groups excluding tert-OH is 1. The van der Waals surface area contributed by atoms with E-state index in [1.807, 2.05) is 6.08 Å². The molecule has 0 aromatic heterocycles. The smallest absolute Gasteiger partial charge is 0.0726 e. The standard InChI is InChI=1S/C9H16O/c1-9(2,3)7-4-5-8(10)6-7/h4-5,7-8,10H,6H2,1-3H3/t7-,8-/m0/s1. The van der Waals surface area contributed by atoms with Gasteiger partial charge in [0.1, 0.15) is 0 Å². The first-order valence-corrected chi connectivity index (χ1v) is 3.86. The SMILES string of the molecule is CC(C)(C)[C@H]1C=C[C@H](O)C1. The van der Waals surface area contributed by atoms with E-state index in [4.69, 9.17) is 0 Å². The Hall–Kier alpha value is -0.300. The van der Waals surface area contributed by atoms with Crippen molar-refractivity contribution in [3.05, 3.63) is 12.2 Å². The molecule has 1 heteroatoms. The van der Waals surface area contributed by atoms with E-state index in [-0.39, 0.29) is 6.10 Å². The van der Waals surface area contributed by atoms with Crippen molar-refractivity contribution >= 4 is 0 Å². The largest absolute Gasteiger partial charge is 0.389 e. The van der Waals surface area contributed by atoms with Gasteiger partial charge in [-0.25, -0.2) is 0 Å². The summed E-state index contributed by atoms with van der Waals surface area (Å²) in [5.74, 6) is 0.558. The molecule has 1 aliphatic rings.